The van der Waals surface area contributed by atoms with Crippen molar-refractivity contribution < 1.29 is 38.2 Å². The van der Waals surface area contributed by atoms with Crippen molar-refractivity contribution in [2.45, 2.75) is 0 Å². The van der Waals surface area contributed by atoms with Crippen LogP contribution in [0.1, 0.15) is 26.3 Å². The van der Waals surface area contributed by atoms with Crippen molar-refractivity contribution in [2.24, 2.45) is 5.10 Å². The second-order valence-electron chi connectivity index (χ2n) is 7.22. The van der Waals surface area contributed by atoms with Crippen molar-refractivity contribution >= 4 is 23.8 Å². The molecule has 3 rings (SSSR count). The van der Waals surface area contributed by atoms with Crippen LogP contribution in [0.15, 0.2) is 59.7 Å². The monoisotopic (exact) mass is 509 g/mol. The maximum absolute atomic E-state index is 12.8. The molecule has 37 heavy (non-hydrogen) atoms. The van der Waals surface area contributed by atoms with Gasteiger partial charge in [-0.05, 0) is 48.0 Å². The molecule has 0 aliphatic heterocycles. The molecule has 12 nitrogen and oxygen atoms in total. The van der Waals surface area contributed by atoms with E-state index in [1.54, 1.807) is 12.1 Å². The normalized spacial score (nSPS) is 10.5. The summed E-state index contributed by atoms with van der Waals surface area (Å²) in [4.78, 5) is 35.1. The van der Waals surface area contributed by atoms with Crippen LogP contribution < -0.4 is 29.1 Å². The number of carbonyl (C=O) groups is 2. The van der Waals surface area contributed by atoms with E-state index >= 15 is 0 Å². The number of nitro benzene ring substituents is 1. The first kappa shape index (κ1) is 26.5. The molecule has 0 radical (unpaired) electrons. The second-order valence-corrected chi connectivity index (χ2v) is 7.22. The lowest BCUT2D eigenvalue weighted by molar-refractivity contribution is -0.384. The molecule has 0 saturated carbocycles. The first-order valence-electron chi connectivity index (χ1n) is 10.6. The Labute approximate surface area is 211 Å². The van der Waals surface area contributed by atoms with Crippen molar-refractivity contribution in [1.29, 1.82) is 0 Å². The molecule has 0 aliphatic rings. The molecule has 0 spiro atoms. The standard InChI is InChI=1S/C25H23N3O9/c1-33-20-11-15(14-26-27-24(29)16-6-8-18(9-7-16)28(31)32)5-10-19(20)37-25(30)17-12-21(34-2)23(36-4)22(13-17)35-3/h5-14H,1-4H3,(H,27,29)/b26-14-. The molecular formula is C25H23N3O9. The van der Waals surface area contributed by atoms with Crippen LogP contribution in [0, 0.1) is 10.1 Å². The summed E-state index contributed by atoms with van der Waals surface area (Å²) >= 11 is 0. The highest BCUT2D eigenvalue weighted by Gasteiger charge is 2.19. The number of esters is 1. The molecule has 0 unspecified atom stereocenters. The van der Waals surface area contributed by atoms with Gasteiger partial charge >= 0.3 is 5.97 Å². The van der Waals surface area contributed by atoms with Gasteiger partial charge in [-0.25, -0.2) is 10.2 Å². The number of hydrazone groups is 1. The van der Waals surface area contributed by atoms with E-state index in [0.29, 0.717) is 22.8 Å². The zero-order valence-corrected chi connectivity index (χ0v) is 20.3. The minimum atomic E-state index is -0.686. The van der Waals surface area contributed by atoms with E-state index in [0.717, 1.165) is 0 Å². The highest BCUT2D eigenvalue weighted by atomic mass is 16.6. The Balaban J connectivity index is 1.72. The SMILES string of the molecule is COc1cc(/C=N\NC(=O)c2ccc([N+](=O)[O-])cc2)ccc1OC(=O)c1cc(OC)c(OC)c(OC)c1. The molecular weight excluding hydrogens is 486 g/mol. The molecule has 1 amide bonds. The minimum absolute atomic E-state index is 0.127. The maximum Gasteiger partial charge on any atom is 0.343 e. The molecule has 192 valence electrons. The van der Waals surface area contributed by atoms with Gasteiger partial charge in [-0.2, -0.15) is 5.10 Å². The largest absolute Gasteiger partial charge is 0.493 e. The van der Waals surface area contributed by atoms with E-state index in [1.807, 2.05) is 0 Å². The number of hydrogen-bond donors (Lipinski definition) is 1. The van der Waals surface area contributed by atoms with Crippen molar-refractivity contribution in [3.63, 3.8) is 0 Å². The minimum Gasteiger partial charge on any atom is -0.493 e. The zero-order valence-electron chi connectivity index (χ0n) is 20.3. The van der Waals surface area contributed by atoms with Gasteiger partial charge < -0.3 is 23.7 Å². The number of carbonyl (C=O) groups excluding carboxylic acids is 2. The smallest absolute Gasteiger partial charge is 0.343 e. The Morgan fingerprint density at radius 3 is 1.97 bits per heavy atom. The molecule has 1 N–H and O–H groups in total. The van der Waals surface area contributed by atoms with E-state index in [-0.39, 0.29) is 28.3 Å². The summed E-state index contributed by atoms with van der Waals surface area (Å²) in [6.07, 6.45) is 1.36. The number of ether oxygens (including phenoxy) is 5. The first-order chi connectivity index (χ1) is 17.8. The van der Waals surface area contributed by atoms with Crippen LogP contribution in [-0.4, -0.2) is 51.5 Å². The lowest BCUT2D eigenvalue weighted by Crippen LogP contribution is -2.17. The average Bonchev–Trinajstić information content (AvgIpc) is 2.92. The third kappa shape index (κ3) is 6.31. The number of amides is 1. The average molecular weight is 509 g/mol. The van der Waals surface area contributed by atoms with Crippen molar-refractivity contribution in [3.05, 3.63) is 81.4 Å². The Morgan fingerprint density at radius 1 is 0.811 bits per heavy atom. The quantitative estimate of drug-likeness (QED) is 0.142. The number of nitrogens with one attached hydrogen (secondary N) is 1. The Bertz CT molecular complexity index is 1310. The van der Waals surface area contributed by atoms with Gasteiger partial charge in [-0.15, -0.1) is 0 Å². The van der Waals surface area contributed by atoms with Crippen molar-refractivity contribution in [2.75, 3.05) is 28.4 Å². The van der Waals surface area contributed by atoms with Gasteiger partial charge in [0.25, 0.3) is 11.6 Å². The summed E-state index contributed by atoms with van der Waals surface area (Å²) < 4.78 is 26.6. The molecule has 3 aromatic carbocycles. The van der Waals surface area contributed by atoms with Gasteiger partial charge in [0.15, 0.2) is 23.0 Å². The van der Waals surface area contributed by atoms with Gasteiger partial charge in [0.05, 0.1) is 45.1 Å². The van der Waals surface area contributed by atoms with Gasteiger partial charge in [-0.1, -0.05) is 0 Å². The Kier molecular flexibility index (Phi) is 8.60. The van der Waals surface area contributed by atoms with Crippen LogP contribution in [0.3, 0.4) is 0 Å². The number of methoxy groups -OCH3 is 4. The van der Waals surface area contributed by atoms with Crippen LogP contribution in [-0.2, 0) is 0 Å². The third-order valence-corrected chi connectivity index (χ3v) is 5.01. The maximum atomic E-state index is 12.8. The summed E-state index contributed by atoms with van der Waals surface area (Å²) in [5.41, 5.74) is 3.11. The number of nitro groups is 1. The summed E-state index contributed by atoms with van der Waals surface area (Å²) in [5, 5.41) is 14.6. The van der Waals surface area contributed by atoms with E-state index in [1.165, 1.54) is 77.1 Å². The molecule has 0 atom stereocenters. The topological polar surface area (TPSA) is 148 Å². The van der Waals surface area contributed by atoms with Gasteiger partial charge in [-0.3, -0.25) is 14.9 Å². The van der Waals surface area contributed by atoms with E-state index in [9.17, 15) is 19.7 Å². The van der Waals surface area contributed by atoms with Crippen molar-refractivity contribution in [3.8, 4) is 28.7 Å². The molecule has 0 aromatic heterocycles. The predicted molar refractivity (Wildman–Crippen MR) is 132 cm³/mol. The fraction of sp³-hybridized carbons (Fsp3) is 0.160. The highest BCUT2D eigenvalue weighted by molar-refractivity contribution is 5.95. The molecule has 3 aromatic rings. The fourth-order valence-electron chi connectivity index (χ4n) is 3.17. The lowest BCUT2D eigenvalue weighted by atomic mass is 10.1. The Hall–Kier alpha value is -5.13. The van der Waals surface area contributed by atoms with E-state index in [4.69, 9.17) is 23.7 Å². The summed E-state index contributed by atoms with van der Waals surface area (Å²) in [6.45, 7) is 0. The molecule has 0 fully saturated rings. The number of non-ortho nitro benzene ring substituents is 1. The van der Waals surface area contributed by atoms with Gasteiger partial charge in [0.2, 0.25) is 5.75 Å². The summed E-state index contributed by atoms with van der Waals surface area (Å²) in [7, 11) is 5.73. The zero-order chi connectivity index (χ0) is 26.9. The van der Waals surface area contributed by atoms with Crippen LogP contribution in [0.25, 0.3) is 0 Å². The molecule has 0 heterocycles. The van der Waals surface area contributed by atoms with Gasteiger partial charge in [0, 0.05) is 17.7 Å². The molecule has 0 saturated heterocycles. The van der Waals surface area contributed by atoms with Crippen LogP contribution in [0.4, 0.5) is 5.69 Å². The highest BCUT2D eigenvalue weighted by Crippen LogP contribution is 2.38. The second kappa shape index (κ2) is 12.0. The van der Waals surface area contributed by atoms with E-state index < -0.39 is 16.8 Å². The molecule has 12 heteroatoms. The van der Waals surface area contributed by atoms with E-state index in [2.05, 4.69) is 10.5 Å². The van der Waals surface area contributed by atoms with Crippen LogP contribution >= 0.6 is 0 Å². The lowest BCUT2D eigenvalue weighted by Gasteiger charge is -2.14. The number of benzene rings is 3. The summed E-state index contributed by atoms with van der Waals surface area (Å²) in [6, 6.07) is 12.7. The first-order valence-corrected chi connectivity index (χ1v) is 10.6. The fourth-order valence-corrected chi connectivity index (χ4v) is 3.17. The van der Waals surface area contributed by atoms with Crippen LogP contribution in [0.2, 0.25) is 0 Å². The number of hydrogen-bond acceptors (Lipinski definition) is 10. The van der Waals surface area contributed by atoms with Crippen LogP contribution in [0.5, 0.6) is 28.7 Å². The van der Waals surface area contributed by atoms with Crippen molar-refractivity contribution in [1.82, 2.24) is 5.43 Å². The molecule has 0 bridgehead atoms. The Morgan fingerprint density at radius 2 is 1.43 bits per heavy atom. The molecule has 0 aliphatic carbocycles. The predicted octanol–water partition coefficient (Wildman–Crippen LogP) is 3.61. The number of nitrogens with zero attached hydrogens (tertiary/aromatic N) is 2. The third-order valence-electron chi connectivity index (χ3n) is 5.01. The number of rotatable bonds is 10. The summed E-state index contributed by atoms with van der Waals surface area (Å²) in [5.74, 6) is 0.0812. The van der Waals surface area contributed by atoms with Gasteiger partial charge in [0.1, 0.15) is 0 Å².